The Kier molecular flexibility index (Phi) is 10.9. The molecule has 0 unspecified atom stereocenters. The minimum absolute atomic E-state index is 0.0569. The minimum atomic E-state index is -4.16. The molecule has 3 N–H and O–H groups in total. The van der Waals surface area contributed by atoms with Crippen molar-refractivity contribution in [2.24, 2.45) is 0 Å². The summed E-state index contributed by atoms with van der Waals surface area (Å²) in [6.07, 6.45) is 4.71. The van der Waals surface area contributed by atoms with Crippen LogP contribution in [0, 0.1) is 6.92 Å². The van der Waals surface area contributed by atoms with E-state index in [0.29, 0.717) is 43.2 Å². The lowest BCUT2D eigenvalue weighted by molar-refractivity contribution is -0.118. The number of benzene rings is 3. The lowest BCUT2D eigenvalue weighted by Gasteiger charge is -2.30. The molecule has 5 rings (SSSR count). The van der Waals surface area contributed by atoms with E-state index in [0.717, 1.165) is 44.3 Å². The van der Waals surface area contributed by atoms with Crippen LogP contribution in [0.5, 0.6) is 5.75 Å². The Labute approximate surface area is 277 Å². The van der Waals surface area contributed by atoms with Gasteiger partial charge in [-0.05, 0) is 49.2 Å². The minimum Gasteiger partial charge on any atom is -0.493 e. The number of rotatable bonds is 12. The lowest BCUT2D eigenvalue weighted by atomic mass is 10.1. The molecule has 3 amide bonds. The molecule has 1 aromatic heterocycles. The first kappa shape index (κ1) is 33.3. The number of anilines is 2. The van der Waals surface area contributed by atoms with Crippen LogP contribution in [-0.2, 0) is 21.5 Å². The summed E-state index contributed by atoms with van der Waals surface area (Å²) in [6, 6.07) is 18.2. The molecule has 0 bridgehead atoms. The van der Waals surface area contributed by atoms with Crippen LogP contribution < -0.4 is 20.3 Å². The van der Waals surface area contributed by atoms with Gasteiger partial charge in [-0.1, -0.05) is 41.9 Å². The van der Waals surface area contributed by atoms with E-state index in [1.807, 2.05) is 60.5 Å². The SMILES string of the molecule is Cc1c(Cl)cccc1OCCCC(=O)N1CCSc2c(-c3cnn(Cc4cccc(NC(=O)NCCS(=O)(=O)O)c4)c3)cccc21. The zero-order valence-electron chi connectivity index (χ0n) is 25.1. The summed E-state index contributed by atoms with van der Waals surface area (Å²) in [6.45, 7) is 3.20. The van der Waals surface area contributed by atoms with E-state index in [4.69, 9.17) is 20.9 Å². The molecule has 0 radical (unpaired) electrons. The third-order valence-corrected chi connectivity index (χ3v) is 9.51. The Morgan fingerprint density at radius 2 is 1.93 bits per heavy atom. The molecule has 2 heterocycles. The van der Waals surface area contributed by atoms with Gasteiger partial charge in [-0.25, -0.2) is 4.79 Å². The number of amides is 3. The van der Waals surface area contributed by atoms with Crippen LogP contribution in [0.1, 0.15) is 24.0 Å². The van der Waals surface area contributed by atoms with Crippen LogP contribution in [0.2, 0.25) is 5.02 Å². The van der Waals surface area contributed by atoms with Crippen molar-refractivity contribution in [2.45, 2.75) is 31.2 Å². The number of nitrogens with zero attached hydrogens (tertiary/aromatic N) is 3. The Morgan fingerprint density at radius 3 is 2.76 bits per heavy atom. The van der Waals surface area contributed by atoms with Crippen LogP contribution in [0.4, 0.5) is 16.2 Å². The van der Waals surface area contributed by atoms with Gasteiger partial charge in [-0.2, -0.15) is 13.5 Å². The van der Waals surface area contributed by atoms with Crippen LogP contribution in [-0.4, -0.2) is 65.9 Å². The van der Waals surface area contributed by atoms with Crippen LogP contribution in [0.3, 0.4) is 0 Å². The van der Waals surface area contributed by atoms with Gasteiger partial charge in [0, 0.05) is 63.8 Å². The fourth-order valence-corrected chi connectivity index (χ4v) is 6.68. The van der Waals surface area contributed by atoms with E-state index in [9.17, 15) is 18.0 Å². The molecule has 0 spiro atoms. The largest absolute Gasteiger partial charge is 0.493 e. The highest BCUT2D eigenvalue weighted by Gasteiger charge is 2.25. The standard InChI is InChI=1S/C32H34ClN5O6S2/c1-22-27(33)9-4-11-29(22)44-15-5-12-30(39)38-14-16-45-31-26(8-3-10-28(31)38)24-19-35-37(21-24)20-23-6-2-7-25(18-23)36-32(40)34-13-17-46(41,42)43/h2-4,6-11,18-19,21H,5,12-17,20H2,1H3,(H2,34,36,40)(H,41,42,43). The number of aromatic nitrogens is 2. The summed E-state index contributed by atoms with van der Waals surface area (Å²) < 4.78 is 38.2. The van der Waals surface area contributed by atoms with E-state index >= 15 is 0 Å². The molecule has 1 aliphatic rings. The quantitative estimate of drug-likeness (QED) is 0.124. The Hall–Kier alpha value is -4.04. The highest BCUT2D eigenvalue weighted by molar-refractivity contribution is 7.99. The predicted molar refractivity (Wildman–Crippen MR) is 181 cm³/mol. The van der Waals surface area contributed by atoms with Gasteiger partial charge in [0.1, 0.15) is 5.75 Å². The molecule has 4 aromatic rings. The van der Waals surface area contributed by atoms with Crippen molar-refractivity contribution < 1.29 is 27.3 Å². The van der Waals surface area contributed by atoms with E-state index in [1.165, 1.54) is 0 Å². The molecular weight excluding hydrogens is 650 g/mol. The number of halogens is 1. The summed E-state index contributed by atoms with van der Waals surface area (Å²) in [7, 11) is -4.16. The summed E-state index contributed by atoms with van der Waals surface area (Å²) in [5.74, 6) is 1.00. The van der Waals surface area contributed by atoms with Gasteiger partial charge >= 0.3 is 6.03 Å². The number of fused-ring (bicyclic) bond motifs is 1. The molecule has 0 aliphatic carbocycles. The maximum absolute atomic E-state index is 13.3. The highest BCUT2D eigenvalue weighted by Crippen LogP contribution is 2.42. The smallest absolute Gasteiger partial charge is 0.319 e. The summed E-state index contributed by atoms with van der Waals surface area (Å²) in [4.78, 5) is 28.3. The van der Waals surface area contributed by atoms with Crippen molar-refractivity contribution in [1.29, 1.82) is 0 Å². The molecule has 1 aliphatic heterocycles. The number of carbonyl (C=O) groups is 2. The van der Waals surface area contributed by atoms with E-state index in [1.54, 1.807) is 40.8 Å². The fraction of sp³-hybridized carbons (Fsp3) is 0.281. The highest BCUT2D eigenvalue weighted by atomic mass is 35.5. The second-order valence-electron chi connectivity index (χ2n) is 10.7. The molecule has 0 fully saturated rings. The summed E-state index contributed by atoms with van der Waals surface area (Å²) in [5, 5.41) is 10.3. The average Bonchev–Trinajstić information content (AvgIpc) is 3.48. The molecule has 46 heavy (non-hydrogen) atoms. The molecule has 0 atom stereocenters. The fourth-order valence-electron chi connectivity index (χ4n) is 5.01. The molecule has 3 aromatic carbocycles. The zero-order valence-corrected chi connectivity index (χ0v) is 27.5. The lowest BCUT2D eigenvalue weighted by Crippen LogP contribution is -2.35. The van der Waals surface area contributed by atoms with Gasteiger partial charge < -0.3 is 20.3 Å². The van der Waals surface area contributed by atoms with Crippen LogP contribution >= 0.6 is 23.4 Å². The summed E-state index contributed by atoms with van der Waals surface area (Å²) in [5.41, 5.74) is 5.13. The monoisotopic (exact) mass is 683 g/mol. The second-order valence-corrected chi connectivity index (χ2v) is 13.7. The van der Waals surface area contributed by atoms with Crippen molar-refractivity contribution in [1.82, 2.24) is 15.1 Å². The molecule has 242 valence electrons. The Morgan fingerprint density at radius 1 is 1.13 bits per heavy atom. The van der Waals surface area contributed by atoms with Gasteiger partial charge in [0.2, 0.25) is 5.91 Å². The third kappa shape index (κ3) is 8.81. The first-order valence-corrected chi connectivity index (χ1v) is 17.6. The maximum Gasteiger partial charge on any atom is 0.319 e. The predicted octanol–water partition coefficient (Wildman–Crippen LogP) is 5.87. The number of carbonyl (C=O) groups excluding carboxylic acids is 2. The van der Waals surface area contributed by atoms with E-state index < -0.39 is 21.9 Å². The van der Waals surface area contributed by atoms with E-state index in [2.05, 4.69) is 15.7 Å². The van der Waals surface area contributed by atoms with Crippen molar-refractivity contribution in [3.8, 4) is 16.9 Å². The van der Waals surface area contributed by atoms with Crippen molar-refractivity contribution in [2.75, 3.05) is 41.4 Å². The van der Waals surface area contributed by atoms with Gasteiger partial charge in [0.15, 0.2) is 0 Å². The van der Waals surface area contributed by atoms with Gasteiger partial charge in [-0.15, -0.1) is 11.8 Å². The molecule has 11 nitrogen and oxygen atoms in total. The molecule has 0 saturated heterocycles. The third-order valence-electron chi connectivity index (χ3n) is 7.28. The second kappa shape index (κ2) is 15.0. The number of nitrogens with one attached hydrogen (secondary N) is 2. The van der Waals surface area contributed by atoms with Crippen molar-refractivity contribution in [3.63, 3.8) is 0 Å². The van der Waals surface area contributed by atoms with Crippen LogP contribution in [0.15, 0.2) is 78.0 Å². The van der Waals surface area contributed by atoms with Gasteiger partial charge in [0.05, 0.1) is 30.8 Å². The maximum atomic E-state index is 13.3. The molecular formula is C32H34ClN5O6S2. The molecule has 14 heteroatoms. The Bertz CT molecular complexity index is 1830. The van der Waals surface area contributed by atoms with Gasteiger partial charge in [0.25, 0.3) is 10.1 Å². The number of hydrogen-bond donors (Lipinski definition) is 3. The number of urea groups is 1. The van der Waals surface area contributed by atoms with Gasteiger partial charge in [-0.3, -0.25) is 14.0 Å². The first-order valence-electron chi connectivity index (χ1n) is 14.6. The number of hydrogen-bond acceptors (Lipinski definition) is 7. The zero-order chi connectivity index (χ0) is 32.7. The Balaban J connectivity index is 1.20. The first-order chi connectivity index (χ1) is 22.1. The van der Waals surface area contributed by atoms with E-state index in [-0.39, 0.29) is 12.5 Å². The number of thioether (sulfide) groups is 1. The summed E-state index contributed by atoms with van der Waals surface area (Å²) >= 11 is 7.91. The van der Waals surface area contributed by atoms with Crippen molar-refractivity contribution >= 4 is 56.8 Å². The van der Waals surface area contributed by atoms with Crippen LogP contribution in [0.25, 0.3) is 11.1 Å². The van der Waals surface area contributed by atoms with Crippen molar-refractivity contribution in [3.05, 3.63) is 89.2 Å². The number of ether oxygens (including phenoxy) is 1. The average molecular weight is 684 g/mol. The molecule has 0 saturated carbocycles. The topological polar surface area (TPSA) is 143 Å². The normalized spacial score (nSPS) is 12.8.